The molecule has 1 heterocycles. The van der Waals surface area contributed by atoms with Gasteiger partial charge in [-0.05, 0) is 36.1 Å². The number of hydrogen-bond donors (Lipinski definition) is 2. The van der Waals surface area contributed by atoms with Crippen LogP contribution >= 0.6 is 11.3 Å². The first-order valence-corrected chi connectivity index (χ1v) is 7.94. The van der Waals surface area contributed by atoms with Crippen LogP contribution in [0.3, 0.4) is 0 Å². The van der Waals surface area contributed by atoms with Gasteiger partial charge in [0.1, 0.15) is 11.6 Å². The third-order valence-electron chi connectivity index (χ3n) is 2.68. The van der Waals surface area contributed by atoms with Crippen molar-refractivity contribution in [3.8, 4) is 0 Å². The van der Waals surface area contributed by atoms with E-state index < -0.39 is 26.6 Å². The normalized spacial score (nSPS) is 11.8. The number of halogens is 2. The van der Waals surface area contributed by atoms with E-state index in [2.05, 4.69) is 4.72 Å². The van der Waals surface area contributed by atoms with Crippen molar-refractivity contribution in [1.29, 1.82) is 0 Å². The van der Waals surface area contributed by atoms with Crippen molar-refractivity contribution in [2.45, 2.75) is 18.4 Å². The third kappa shape index (κ3) is 2.97. The van der Waals surface area contributed by atoms with Gasteiger partial charge in [0.2, 0.25) is 10.0 Å². The smallest absolute Gasteiger partial charge is 0.246 e. The Balaban J connectivity index is 2.30. The molecule has 0 spiro atoms. The summed E-state index contributed by atoms with van der Waals surface area (Å²) in [5.74, 6) is -2.42. The topological polar surface area (TPSA) is 72.2 Å². The van der Waals surface area contributed by atoms with Crippen LogP contribution in [0.1, 0.15) is 10.4 Å². The summed E-state index contributed by atoms with van der Waals surface area (Å²) in [5, 5.41) is 1.81. The van der Waals surface area contributed by atoms with Crippen LogP contribution in [0.5, 0.6) is 0 Å². The highest BCUT2D eigenvalue weighted by Gasteiger charge is 2.24. The number of nitrogens with two attached hydrogens (primary N) is 1. The molecule has 0 saturated heterocycles. The van der Waals surface area contributed by atoms with Gasteiger partial charge in [-0.25, -0.2) is 21.9 Å². The quantitative estimate of drug-likeness (QED) is 0.850. The molecule has 4 nitrogen and oxygen atoms in total. The van der Waals surface area contributed by atoms with Crippen molar-refractivity contribution in [3.63, 3.8) is 0 Å². The maximum atomic E-state index is 13.6. The van der Waals surface area contributed by atoms with Crippen molar-refractivity contribution in [2.24, 2.45) is 0 Å². The molecule has 0 radical (unpaired) electrons. The van der Waals surface area contributed by atoms with Gasteiger partial charge in [0.25, 0.3) is 0 Å². The predicted molar refractivity (Wildman–Crippen MR) is 73.9 cm³/mol. The number of nitrogen functional groups attached to an aromatic ring is 1. The number of anilines is 1. The molecule has 0 atom stereocenters. The molecule has 2 aromatic rings. The van der Waals surface area contributed by atoms with Gasteiger partial charge in [0.05, 0.1) is 0 Å². The first kappa shape index (κ1) is 14.9. The van der Waals surface area contributed by atoms with E-state index in [0.29, 0.717) is 0 Å². The molecule has 0 amide bonds. The second-order valence-corrected chi connectivity index (χ2v) is 6.87. The SMILES string of the molecule is Cc1ccsc1CNS(=O)(=O)c1c(F)cc(N)cc1F. The minimum atomic E-state index is -4.28. The van der Waals surface area contributed by atoms with Crippen molar-refractivity contribution >= 4 is 27.0 Å². The monoisotopic (exact) mass is 318 g/mol. The Labute approximate surface area is 119 Å². The molecule has 0 aliphatic heterocycles. The van der Waals surface area contributed by atoms with E-state index in [1.807, 2.05) is 18.4 Å². The zero-order chi connectivity index (χ0) is 14.9. The van der Waals surface area contributed by atoms with Crippen LogP contribution in [0.4, 0.5) is 14.5 Å². The zero-order valence-electron chi connectivity index (χ0n) is 10.5. The molecule has 1 aromatic carbocycles. The molecule has 3 N–H and O–H groups in total. The molecule has 0 unspecified atom stereocenters. The number of nitrogens with one attached hydrogen (secondary N) is 1. The molecule has 0 aliphatic carbocycles. The predicted octanol–water partition coefficient (Wildman–Crippen LogP) is 2.40. The van der Waals surface area contributed by atoms with E-state index in [1.165, 1.54) is 11.3 Å². The van der Waals surface area contributed by atoms with Crippen LogP contribution in [-0.2, 0) is 16.6 Å². The van der Waals surface area contributed by atoms with Crippen molar-refractivity contribution in [2.75, 3.05) is 5.73 Å². The third-order valence-corrected chi connectivity index (χ3v) is 5.16. The maximum absolute atomic E-state index is 13.6. The summed E-state index contributed by atoms with van der Waals surface area (Å²) in [5.41, 5.74) is 5.99. The Morgan fingerprint density at radius 3 is 2.40 bits per heavy atom. The van der Waals surface area contributed by atoms with Gasteiger partial charge in [-0.3, -0.25) is 0 Å². The van der Waals surface area contributed by atoms with E-state index in [0.717, 1.165) is 22.6 Å². The second-order valence-electron chi connectivity index (χ2n) is 4.17. The lowest BCUT2D eigenvalue weighted by molar-refractivity contribution is 0.515. The minimum Gasteiger partial charge on any atom is -0.399 e. The summed E-state index contributed by atoms with van der Waals surface area (Å²) in [4.78, 5) is -0.231. The number of rotatable bonds is 4. The van der Waals surface area contributed by atoms with Crippen LogP contribution in [0.2, 0.25) is 0 Å². The van der Waals surface area contributed by atoms with Gasteiger partial charge in [-0.15, -0.1) is 11.3 Å². The summed E-state index contributed by atoms with van der Waals surface area (Å²) in [7, 11) is -4.28. The van der Waals surface area contributed by atoms with Crippen molar-refractivity contribution < 1.29 is 17.2 Å². The average molecular weight is 318 g/mol. The standard InChI is InChI=1S/C12H12F2N2O2S2/c1-7-2-3-19-11(7)6-16-20(17,18)12-9(13)4-8(15)5-10(12)14/h2-5,16H,6,15H2,1H3. The van der Waals surface area contributed by atoms with Crippen molar-refractivity contribution in [1.82, 2.24) is 4.72 Å². The zero-order valence-corrected chi connectivity index (χ0v) is 12.1. The van der Waals surface area contributed by atoms with Gasteiger partial charge in [-0.1, -0.05) is 0 Å². The van der Waals surface area contributed by atoms with E-state index >= 15 is 0 Å². The van der Waals surface area contributed by atoms with Gasteiger partial charge < -0.3 is 5.73 Å². The lowest BCUT2D eigenvalue weighted by Gasteiger charge is -2.09. The first-order chi connectivity index (χ1) is 9.31. The fourth-order valence-electron chi connectivity index (χ4n) is 1.65. The second kappa shape index (κ2) is 5.47. The van der Waals surface area contributed by atoms with Gasteiger partial charge in [-0.2, -0.15) is 0 Å². The Kier molecular flexibility index (Phi) is 4.07. The van der Waals surface area contributed by atoms with E-state index in [1.54, 1.807) is 0 Å². The molecule has 0 saturated carbocycles. The molecule has 0 bridgehead atoms. The summed E-state index contributed by atoms with van der Waals surface area (Å²) in [6.07, 6.45) is 0. The number of benzene rings is 1. The van der Waals surface area contributed by atoms with E-state index in [-0.39, 0.29) is 12.2 Å². The highest BCUT2D eigenvalue weighted by molar-refractivity contribution is 7.89. The van der Waals surface area contributed by atoms with Crippen LogP contribution in [0.15, 0.2) is 28.5 Å². The van der Waals surface area contributed by atoms with Crippen LogP contribution in [0.25, 0.3) is 0 Å². The average Bonchev–Trinajstić information content (AvgIpc) is 2.70. The number of sulfonamides is 1. The fourth-order valence-corrected chi connectivity index (χ4v) is 3.70. The molecular formula is C12H12F2N2O2S2. The highest BCUT2D eigenvalue weighted by Crippen LogP contribution is 2.22. The Morgan fingerprint density at radius 1 is 1.30 bits per heavy atom. The summed E-state index contributed by atoms with van der Waals surface area (Å²) >= 11 is 1.36. The Hall–Kier alpha value is -1.51. The molecule has 0 fully saturated rings. The minimum absolute atomic E-state index is 0.0188. The summed E-state index contributed by atoms with van der Waals surface area (Å²) < 4.78 is 53.3. The number of thiophene rings is 1. The van der Waals surface area contributed by atoms with Gasteiger partial charge in [0.15, 0.2) is 4.90 Å². The van der Waals surface area contributed by atoms with Crippen LogP contribution in [0, 0.1) is 18.6 Å². The molecule has 108 valence electrons. The molecule has 8 heteroatoms. The first-order valence-electron chi connectivity index (χ1n) is 5.58. The van der Waals surface area contributed by atoms with Crippen molar-refractivity contribution in [3.05, 3.63) is 45.7 Å². The lowest BCUT2D eigenvalue weighted by atomic mass is 10.3. The molecule has 20 heavy (non-hydrogen) atoms. The highest BCUT2D eigenvalue weighted by atomic mass is 32.2. The van der Waals surface area contributed by atoms with E-state index in [4.69, 9.17) is 5.73 Å². The largest absolute Gasteiger partial charge is 0.399 e. The van der Waals surface area contributed by atoms with E-state index in [9.17, 15) is 17.2 Å². The van der Waals surface area contributed by atoms with Gasteiger partial charge in [0, 0.05) is 17.1 Å². The lowest BCUT2D eigenvalue weighted by Crippen LogP contribution is -2.25. The number of aryl methyl sites for hydroxylation is 1. The molecule has 0 aliphatic rings. The summed E-state index contributed by atoms with van der Waals surface area (Å²) in [6, 6.07) is 3.38. The maximum Gasteiger partial charge on any atom is 0.246 e. The van der Waals surface area contributed by atoms with Crippen LogP contribution in [-0.4, -0.2) is 8.42 Å². The van der Waals surface area contributed by atoms with Crippen LogP contribution < -0.4 is 10.5 Å². The molecular weight excluding hydrogens is 306 g/mol. The molecule has 2 rings (SSSR count). The Bertz CT molecular complexity index is 719. The molecule has 1 aromatic heterocycles. The summed E-state index contributed by atoms with van der Waals surface area (Å²) in [6.45, 7) is 1.81. The van der Waals surface area contributed by atoms with Gasteiger partial charge >= 0.3 is 0 Å². The number of hydrogen-bond acceptors (Lipinski definition) is 4. The Morgan fingerprint density at radius 2 is 1.90 bits per heavy atom. The fraction of sp³-hybridized carbons (Fsp3) is 0.167.